The van der Waals surface area contributed by atoms with Gasteiger partial charge in [-0.05, 0) is 30.7 Å². The first-order valence-electron chi connectivity index (χ1n) is 7.89. The molecule has 6 nitrogen and oxygen atoms in total. The first-order valence-corrected chi connectivity index (χ1v) is 8.27. The van der Waals surface area contributed by atoms with Gasteiger partial charge in [-0.1, -0.05) is 29.8 Å². The van der Waals surface area contributed by atoms with E-state index >= 15 is 0 Å². The zero-order chi connectivity index (χ0) is 19.6. The van der Waals surface area contributed by atoms with E-state index in [1.807, 2.05) is 0 Å². The second kappa shape index (κ2) is 7.59. The van der Waals surface area contributed by atoms with Crippen LogP contribution in [-0.4, -0.2) is 21.0 Å². The lowest BCUT2D eigenvalue weighted by Gasteiger charge is -2.12. The van der Waals surface area contributed by atoms with Gasteiger partial charge in [0.1, 0.15) is 12.4 Å². The minimum absolute atomic E-state index is 0.0121. The van der Waals surface area contributed by atoms with Gasteiger partial charge >= 0.3 is 5.97 Å². The summed E-state index contributed by atoms with van der Waals surface area (Å²) in [6.45, 7) is 1.77. The van der Waals surface area contributed by atoms with E-state index in [4.69, 9.17) is 27.2 Å². The van der Waals surface area contributed by atoms with Crippen LogP contribution in [0, 0.1) is 12.7 Å². The number of rotatable bonds is 5. The molecule has 8 heteroatoms. The van der Waals surface area contributed by atoms with Crippen LogP contribution in [0.25, 0.3) is 11.3 Å². The first-order chi connectivity index (χ1) is 12.9. The zero-order valence-corrected chi connectivity index (χ0v) is 15.0. The Kier molecular flexibility index (Phi) is 5.23. The number of anilines is 1. The maximum atomic E-state index is 13.7. The molecule has 0 unspecified atom stereocenters. The molecule has 1 aromatic heterocycles. The average Bonchev–Trinajstić information content (AvgIpc) is 2.66. The number of aryl methyl sites for hydroxylation is 1. The molecule has 0 aliphatic heterocycles. The maximum absolute atomic E-state index is 13.7. The van der Waals surface area contributed by atoms with Gasteiger partial charge in [-0.2, -0.15) is 0 Å². The van der Waals surface area contributed by atoms with Crippen LogP contribution >= 0.6 is 11.6 Å². The number of carboxylic acid groups (broad SMARTS) is 1. The number of hydrogen-bond acceptors (Lipinski definition) is 5. The summed E-state index contributed by atoms with van der Waals surface area (Å²) < 4.78 is 19.3. The lowest BCUT2D eigenvalue weighted by atomic mass is 10.1. The molecular weight excluding hydrogens is 373 g/mol. The number of benzene rings is 2. The second-order valence-corrected chi connectivity index (χ2v) is 6.15. The lowest BCUT2D eigenvalue weighted by molar-refractivity contribution is 0.0697. The molecule has 0 bridgehead atoms. The minimum Gasteiger partial charge on any atom is -0.478 e. The summed E-state index contributed by atoms with van der Waals surface area (Å²) in [5.41, 5.74) is 8.35. The Balaban J connectivity index is 1.86. The smallest absolute Gasteiger partial charge is 0.335 e. The third kappa shape index (κ3) is 3.98. The molecule has 0 saturated heterocycles. The highest BCUT2D eigenvalue weighted by molar-refractivity contribution is 6.31. The molecule has 27 heavy (non-hydrogen) atoms. The van der Waals surface area contributed by atoms with Crippen molar-refractivity contribution >= 4 is 23.4 Å². The van der Waals surface area contributed by atoms with E-state index in [0.29, 0.717) is 16.8 Å². The normalized spacial score (nSPS) is 10.6. The van der Waals surface area contributed by atoms with E-state index in [1.165, 1.54) is 24.4 Å². The summed E-state index contributed by atoms with van der Waals surface area (Å²) in [6, 6.07) is 9.05. The Bertz CT molecular complexity index is 1010. The number of aromatic carboxylic acids is 1. The van der Waals surface area contributed by atoms with Crippen LogP contribution in [0.5, 0.6) is 5.88 Å². The van der Waals surface area contributed by atoms with Crippen molar-refractivity contribution in [3.63, 3.8) is 0 Å². The number of nitrogens with zero attached hydrogens (tertiary/aromatic N) is 2. The molecule has 0 spiro atoms. The first kappa shape index (κ1) is 18.6. The Morgan fingerprint density at radius 2 is 1.96 bits per heavy atom. The van der Waals surface area contributed by atoms with E-state index in [0.717, 1.165) is 5.56 Å². The van der Waals surface area contributed by atoms with E-state index in [2.05, 4.69) is 9.97 Å². The predicted molar refractivity (Wildman–Crippen MR) is 99.3 cm³/mol. The minimum atomic E-state index is -1.02. The molecule has 138 valence electrons. The fraction of sp³-hybridized carbons (Fsp3) is 0.105. The number of ether oxygens (including phenoxy) is 1. The van der Waals surface area contributed by atoms with Crippen LogP contribution in [0.3, 0.4) is 0 Å². The van der Waals surface area contributed by atoms with Crippen molar-refractivity contribution in [3.8, 4) is 17.1 Å². The van der Waals surface area contributed by atoms with E-state index in [9.17, 15) is 9.18 Å². The summed E-state index contributed by atoms with van der Waals surface area (Å²) in [7, 11) is 0. The Hall–Kier alpha value is -3.19. The van der Waals surface area contributed by atoms with Gasteiger partial charge in [0.15, 0.2) is 5.82 Å². The third-order valence-corrected chi connectivity index (χ3v) is 4.39. The molecule has 0 amide bonds. The monoisotopic (exact) mass is 387 g/mol. The highest BCUT2D eigenvalue weighted by Gasteiger charge is 2.13. The van der Waals surface area contributed by atoms with Crippen molar-refractivity contribution in [3.05, 3.63) is 70.1 Å². The number of nitrogens with two attached hydrogens (primary N) is 1. The predicted octanol–water partition coefficient (Wildman–Crippen LogP) is 4.10. The fourth-order valence-electron chi connectivity index (χ4n) is 2.42. The SMILES string of the molecule is Cc1ccc(F)c(Cl)c1COc1nc(-c2ccc(C(=O)O)cc2)cnc1N. The summed E-state index contributed by atoms with van der Waals surface area (Å²) >= 11 is 6.00. The van der Waals surface area contributed by atoms with Crippen LogP contribution < -0.4 is 10.5 Å². The van der Waals surface area contributed by atoms with Crippen molar-refractivity contribution in [2.75, 3.05) is 5.73 Å². The van der Waals surface area contributed by atoms with Crippen LogP contribution in [0.15, 0.2) is 42.6 Å². The Morgan fingerprint density at radius 3 is 2.63 bits per heavy atom. The highest BCUT2D eigenvalue weighted by atomic mass is 35.5. The van der Waals surface area contributed by atoms with Gasteiger partial charge in [0.05, 0.1) is 22.5 Å². The number of halogens is 2. The Morgan fingerprint density at radius 1 is 1.26 bits per heavy atom. The number of hydrogen-bond donors (Lipinski definition) is 2. The molecule has 3 rings (SSSR count). The largest absolute Gasteiger partial charge is 0.478 e. The van der Waals surface area contributed by atoms with Crippen LogP contribution in [-0.2, 0) is 6.61 Å². The van der Waals surface area contributed by atoms with Crippen molar-refractivity contribution in [1.82, 2.24) is 9.97 Å². The topological polar surface area (TPSA) is 98.3 Å². The van der Waals surface area contributed by atoms with E-state index in [-0.39, 0.29) is 28.9 Å². The van der Waals surface area contributed by atoms with Crippen molar-refractivity contribution in [2.45, 2.75) is 13.5 Å². The van der Waals surface area contributed by atoms with Gasteiger partial charge < -0.3 is 15.6 Å². The fourth-order valence-corrected chi connectivity index (χ4v) is 2.68. The number of aromatic nitrogens is 2. The molecule has 3 N–H and O–H groups in total. The van der Waals surface area contributed by atoms with Crippen molar-refractivity contribution < 1.29 is 19.0 Å². The number of carbonyl (C=O) groups is 1. The third-order valence-electron chi connectivity index (χ3n) is 3.98. The molecule has 0 atom stereocenters. The number of nitrogen functional groups attached to an aromatic ring is 1. The standard InChI is InChI=1S/C19H15ClFN3O3/c1-10-2-7-14(21)16(20)13(10)9-27-18-17(22)23-8-15(24-18)11-3-5-12(6-4-11)19(25)26/h2-8H,9H2,1H3,(H2,22,23)(H,25,26). The number of carboxylic acids is 1. The molecule has 0 fully saturated rings. The van der Waals surface area contributed by atoms with Crippen molar-refractivity contribution in [2.24, 2.45) is 0 Å². The second-order valence-electron chi connectivity index (χ2n) is 5.77. The zero-order valence-electron chi connectivity index (χ0n) is 14.2. The molecule has 0 saturated carbocycles. The molecular formula is C19H15ClFN3O3. The van der Waals surface area contributed by atoms with Gasteiger partial charge in [0, 0.05) is 11.1 Å². The molecule has 0 radical (unpaired) electrons. The molecule has 0 aliphatic rings. The Labute approximate surface area is 159 Å². The van der Waals surface area contributed by atoms with Gasteiger partial charge in [0.2, 0.25) is 0 Å². The quantitative estimate of drug-likeness (QED) is 0.683. The van der Waals surface area contributed by atoms with Gasteiger partial charge in [-0.25, -0.2) is 19.2 Å². The van der Waals surface area contributed by atoms with Gasteiger partial charge in [0.25, 0.3) is 5.88 Å². The molecule has 2 aromatic carbocycles. The van der Waals surface area contributed by atoms with E-state index in [1.54, 1.807) is 25.1 Å². The summed E-state index contributed by atoms with van der Waals surface area (Å²) in [5.74, 6) is -1.40. The van der Waals surface area contributed by atoms with Crippen LogP contribution in [0.1, 0.15) is 21.5 Å². The highest BCUT2D eigenvalue weighted by Crippen LogP contribution is 2.27. The van der Waals surface area contributed by atoms with E-state index < -0.39 is 11.8 Å². The summed E-state index contributed by atoms with van der Waals surface area (Å²) in [5, 5.41) is 8.96. The summed E-state index contributed by atoms with van der Waals surface area (Å²) in [6.07, 6.45) is 1.46. The maximum Gasteiger partial charge on any atom is 0.335 e. The molecule has 3 aromatic rings. The van der Waals surface area contributed by atoms with Crippen LogP contribution in [0.4, 0.5) is 10.2 Å². The average molecular weight is 388 g/mol. The summed E-state index contributed by atoms with van der Waals surface area (Å²) in [4.78, 5) is 19.3. The lowest BCUT2D eigenvalue weighted by Crippen LogP contribution is -2.05. The van der Waals surface area contributed by atoms with Gasteiger partial charge in [-0.15, -0.1) is 0 Å². The van der Waals surface area contributed by atoms with Crippen molar-refractivity contribution in [1.29, 1.82) is 0 Å². The molecule has 1 heterocycles. The molecule has 0 aliphatic carbocycles. The van der Waals surface area contributed by atoms with Gasteiger partial charge in [-0.3, -0.25) is 0 Å². The van der Waals surface area contributed by atoms with Crippen LogP contribution in [0.2, 0.25) is 5.02 Å².